The Morgan fingerprint density at radius 3 is 1.27 bits per heavy atom. The van der Waals surface area contributed by atoms with Crippen LogP contribution in [0.2, 0.25) is 0 Å². The number of amides is 2. The van der Waals surface area contributed by atoms with Gasteiger partial charge in [0, 0.05) is 59.0 Å². The fourth-order valence-corrected chi connectivity index (χ4v) is 7.02. The lowest BCUT2D eigenvalue weighted by atomic mass is 9.88. The Kier molecular flexibility index (Phi) is 16.2. The van der Waals surface area contributed by atoms with E-state index in [0.717, 1.165) is 0 Å². The van der Waals surface area contributed by atoms with Crippen molar-refractivity contribution in [2.75, 3.05) is 53.3 Å². The third-order valence-corrected chi connectivity index (χ3v) is 10.6. The zero-order valence-electron chi connectivity index (χ0n) is 38.2. The molecule has 0 saturated heterocycles. The Hall–Kier alpha value is -8.47. The maximum absolute atomic E-state index is 13.1. The van der Waals surface area contributed by atoms with Crippen LogP contribution >= 0.6 is 0 Å². The van der Waals surface area contributed by atoms with Crippen molar-refractivity contribution in [3.63, 3.8) is 0 Å². The molecule has 348 valence electrons. The van der Waals surface area contributed by atoms with Crippen molar-refractivity contribution in [3.05, 3.63) is 153 Å². The minimum absolute atomic E-state index is 0.00737. The van der Waals surface area contributed by atoms with E-state index in [0.29, 0.717) is 34.0 Å². The molecule has 4 aromatic rings. The number of para-hydroxylation sites is 2. The Morgan fingerprint density at radius 2 is 0.866 bits per heavy atom. The minimum atomic E-state index is -0.646. The SMILES string of the molecule is COC1=C(OC)C(=O)C(Cc2cccc(C(=O)Nc3ccc(OC)cc3)c2O)=C(C)C1=O.COC1=C(OC)C(=O)C(Cc2cccc(C(=O)Nc3ccc(OC)cc3)c2OC(C)=O)=C(C)C1=O. The highest BCUT2D eigenvalue weighted by molar-refractivity contribution is 6.24. The lowest BCUT2D eigenvalue weighted by Crippen LogP contribution is -2.26. The van der Waals surface area contributed by atoms with Crippen LogP contribution in [-0.2, 0) is 55.8 Å². The molecule has 2 aliphatic carbocycles. The molecule has 17 heteroatoms. The van der Waals surface area contributed by atoms with E-state index in [1.807, 2.05) is 0 Å². The first-order valence-electron chi connectivity index (χ1n) is 20.3. The van der Waals surface area contributed by atoms with Crippen molar-refractivity contribution in [2.45, 2.75) is 33.6 Å². The Balaban J connectivity index is 0.000000252. The molecule has 0 radical (unpaired) electrons. The number of esters is 1. The normalized spacial score (nSPS) is 13.7. The largest absolute Gasteiger partial charge is 0.507 e. The monoisotopic (exact) mass is 916 g/mol. The highest BCUT2D eigenvalue weighted by Crippen LogP contribution is 2.34. The molecular weight excluding hydrogens is 869 g/mol. The second kappa shape index (κ2) is 21.9. The maximum atomic E-state index is 13.1. The summed E-state index contributed by atoms with van der Waals surface area (Å²) in [6.07, 6.45) is -0.137. The lowest BCUT2D eigenvalue weighted by molar-refractivity contribution is -0.132. The quantitative estimate of drug-likeness (QED) is 0.0652. The first kappa shape index (κ1) is 49.5. The summed E-state index contributed by atoms with van der Waals surface area (Å²) in [5.41, 5.74) is 2.51. The Morgan fingerprint density at radius 1 is 0.493 bits per heavy atom. The number of nitrogens with one attached hydrogen (secondary N) is 2. The molecule has 67 heavy (non-hydrogen) atoms. The van der Waals surface area contributed by atoms with Crippen LogP contribution in [0.5, 0.6) is 23.0 Å². The van der Waals surface area contributed by atoms with Gasteiger partial charge in [0.1, 0.15) is 23.0 Å². The van der Waals surface area contributed by atoms with E-state index >= 15 is 0 Å². The van der Waals surface area contributed by atoms with Crippen LogP contribution in [0.15, 0.2) is 130 Å². The highest BCUT2D eigenvalue weighted by Gasteiger charge is 2.37. The molecule has 3 N–H and O–H groups in total. The van der Waals surface area contributed by atoms with Crippen LogP contribution in [0.25, 0.3) is 0 Å². The van der Waals surface area contributed by atoms with Crippen molar-refractivity contribution in [1.82, 2.24) is 0 Å². The molecule has 6 rings (SSSR count). The molecule has 0 atom stereocenters. The molecule has 2 amide bonds. The van der Waals surface area contributed by atoms with Gasteiger partial charge in [-0.05, 0) is 80.1 Å². The predicted octanol–water partition coefficient (Wildman–Crippen LogP) is 6.56. The third-order valence-electron chi connectivity index (χ3n) is 10.6. The van der Waals surface area contributed by atoms with Crippen LogP contribution < -0.4 is 24.8 Å². The molecule has 2 aliphatic rings. The van der Waals surface area contributed by atoms with Crippen LogP contribution in [0.1, 0.15) is 52.6 Å². The summed E-state index contributed by atoms with van der Waals surface area (Å²) in [4.78, 5) is 88.9. The second-order valence-corrected chi connectivity index (χ2v) is 14.6. The summed E-state index contributed by atoms with van der Waals surface area (Å²) in [5.74, 6) is -3.42. The number of allylic oxidation sites excluding steroid dienone is 4. The van der Waals surface area contributed by atoms with E-state index in [9.17, 15) is 38.7 Å². The van der Waals surface area contributed by atoms with Gasteiger partial charge >= 0.3 is 5.97 Å². The van der Waals surface area contributed by atoms with Crippen LogP contribution in [-0.4, -0.2) is 88.7 Å². The molecule has 0 spiro atoms. The van der Waals surface area contributed by atoms with Gasteiger partial charge in [0.15, 0.2) is 0 Å². The molecule has 0 aromatic heterocycles. The first-order chi connectivity index (χ1) is 32.0. The van der Waals surface area contributed by atoms with Gasteiger partial charge in [0.25, 0.3) is 11.8 Å². The average Bonchev–Trinajstić information content (AvgIpc) is 3.32. The van der Waals surface area contributed by atoms with Gasteiger partial charge < -0.3 is 48.9 Å². The summed E-state index contributed by atoms with van der Waals surface area (Å²) in [5, 5.41) is 16.2. The third kappa shape index (κ3) is 10.9. The zero-order chi connectivity index (χ0) is 49.1. The van der Waals surface area contributed by atoms with Gasteiger partial charge in [0.2, 0.25) is 46.2 Å². The number of methoxy groups -OCH3 is 6. The van der Waals surface area contributed by atoms with Crippen molar-refractivity contribution in [3.8, 4) is 23.0 Å². The summed E-state index contributed by atoms with van der Waals surface area (Å²) in [7, 11) is 8.19. The number of ether oxygens (including phenoxy) is 7. The lowest BCUT2D eigenvalue weighted by Gasteiger charge is -2.21. The first-order valence-corrected chi connectivity index (χ1v) is 20.3. The topological polar surface area (TPSA) is 228 Å². The summed E-state index contributed by atoms with van der Waals surface area (Å²) in [6.45, 7) is 4.23. The minimum Gasteiger partial charge on any atom is -0.507 e. The summed E-state index contributed by atoms with van der Waals surface area (Å²) in [6, 6.07) is 22.8. The predicted molar refractivity (Wildman–Crippen MR) is 243 cm³/mol. The molecule has 0 saturated carbocycles. The molecule has 0 unspecified atom stereocenters. The van der Waals surface area contributed by atoms with Gasteiger partial charge in [-0.2, -0.15) is 0 Å². The number of ketones is 4. The van der Waals surface area contributed by atoms with E-state index in [4.69, 9.17) is 33.2 Å². The number of anilines is 2. The number of aromatic hydroxyl groups is 1. The molecule has 0 heterocycles. The standard InChI is InChI=1S/C26H25NO8.C24H23NO7/c1-14-20(22(30)25(34-5)24(33-4)21(14)29)13-16-7-6-8-19(23(16)35-15(2)28)26(31)27-17-9-11-18(32-3)12-10-17;1-13-18(21(28)23(32-4)22(31-3)19(13)26)12-14-6-5-7-17(20(14)27)24(29)25-15-8-10-16(30-2)11-9-15/h6-12H,13H2,1-5H3,(H,27,31);5-11,27H,12H2,1-4H3,(H,25,29). The molecule has 4 aromatic carbocycles. The highest BCUT2D eigenvalue weighted by atomic mass is 16.5. The van der Waals surface area contributed by atoms with Crippen molar-refractivity contribution in [1.29, 1.82) is 0 Å². The number of carbonyl (C=O) groups excluding carboxylic acids is 7. The number of phenolic OH excluding ortho intramolecular Hbond substituents is 1. The van der Waals surface area contributed by atoms with Gasteiger partial charge in [-0.3, -0.25) is 33.6 Å². The van der Waals surface area contributed by atoms with E-state index in [1.54, 1.807) is 79.9 Å². The summed E-state index contributed by atoms with van der Waals surface area (Å²) < 4.78 is 35.9. The Labute approximate surface area is 385 Å². The fourth-order valence-electron chi connectivity index (χ4n) is 7.02. The number of benzene rings is 4. The maximum Gasteiger partial charge on any atom is 0.308 e. The van der Waals surface area contributed by atoms with Gasteiger partial charge in [0.05, 0.1) is 53.8 Å². The number of phenols is 1. The van der Waals surface area contributed by atoms with E-state index in [1.165, 1.54) is 68.5 Å². The molecule has 0 aliphatic heterocycles. The van der Waals surface area contributed by atoms with E-state index < -0.39 is 40.9 Å². The van der Waals surface area contributed by atoms with Gasteiger partial charge in [-0.15, -0.1) is 0 Å². The van der Waals surface area contributed by atoms with Crippen molar-refractivity contribution >= 4 is 52.3 Å². The van der Waals surface area contributed by atoms with Crippen LogP contribution in [0, 0.1) is 0 Å². The number of hydrogen-bond donors (Lipinski definition) is 3. The van der Waals surface area contributed by atoms with E-state index in [2.05, 4.69) is 10.6 Å². The molecule has 0 fully saturated rings. The number of carbonyl (C=O) groups is 7. The van der Waals surface area contributed by atoms with Crippen molar-refractivity contribution < 1.29 is 71.8 Å². The number of rotatable bonds is 15. The molecular formula is C50H48N2O15. The molecule has 0 bridgehead atoms. The van der Waals surface area contributed by atoms with Crippen molar-refractivity contribution in [2.24, 2.45) is 0 Å². The fraction of sp³-hybridized carbons (Fsp3) is 0.220. The smallest absolute Gasteiger partial charge is 0.308 e. The van der Waals surface area contributed by atoms with Gasteiger partial charge in [-0.1, -0.05) is 24.3 Å². The van der Waals surface area contributed by atoms with Crippen LogP contribution in [0.4, 0.5) is 11.4 Å². The molecule has 17 nitrogen and oxygen atoms in total. The summed E-state index contributed by atoms with van der Waals surface area (Å²) >= 11 is 0. The average molecular weight is 917 g/mol. The number of Topliss-reactive ketones (excluding diaryl/α,β-unsaturated/α-hetero) is 4. The zero-order valence-corrected chi connectivity index (χ0v) is 38.2. The van der Waals surface area contributed by atoms with Gasteiger partial charge in [-0.25, -0.2) is 0 Å². The number of hydrogen-bond acceptors (Lipinski definition) is 15. The van der Waals surface area contributed by atoms with E-state index in [-0.39, 0.29) is 80.8 Å². The van der Waals surface area contributed by atoms with Crippen LogP contribution in [0.3, 0.4) is 0 Å². The Bertz CT molecular complexity index is 2780. The second-order valence-electron chi connectivity index (χ2n) is 14.6.